The fourth-order valence-electron chi connectivity index (χ4n) is 4.75. The predicted molar refractivity (Wildman–Crippen MR) is 220 cm³/mol. The van der Waals surface area contributed by atoms with Gasteiger partial charge in [-0.2, -0.15) is 0 Å². The van der Waals surface area contributed by atoms with Crippen LogP contribution in [0.25, 0.3) is 33.7 Å². The molecule has 4 nitrogen and oxygen atoms in total. The average molecular weight is 930 g/mol. The van der Waals surface area contributed by atoms with Gasteiger partial charge in [0.05, 0.1) is 19.4 Å². The van der Waals surface area contributed by atoms with Crippen molar-refractivity contribution in [2.24, 2.45) is 0 Å². The van der Waals surface area contributed by atoms with E-state index in [4.69, 9.17) is 9.05 Å². The molecule has 0 radical (unpaired) electrons. The molecule has 0 heterocycles. The zero-order chi connectivity index (χ0) is 35.2. The number of aldehydes is 1. The smallest absolute Gasteiger partial charge is 0.309 e. The second kappa shape index (κ2) is 19.6. The standard InChI is InChI=1S/C18H12Br2.C11H16BrO3P.C11H7BrO/c19-17-8-4-13(5-9-17)1-2-14-3-6-16-12-18(20)10-7-15(16)11-14;1-3-14-16(13,15-4-2)9-10-5-7-11(12)8-6-10;12-11-4-3-9-5-8(7-13)1-2-10(9)6-11/h1-12H;5-8H,3-4,9H2,1-2H3;1-7H/b2-1+;;. The van der Waals surface area contributed by atoms with Gasteiger partial charge in [-0.3, -0.25) is 9.36 Å². The molecule has 0 spiro atoms. The first kappa shape index (κ1) is 39.1. The molecule has 0 aromatic heterocycles. The minimum Gasteiger partial charge on any atom is -0.309 e. The minimum atomic E-state index is -2.97. The fraction of sp³-hybridized carbons (Fsp3) is 0.125. The maximum atomic E-state index is 12.2. The van der Waals surface area contributed by atoms with Crippen LogP contribution >= 0.6 is 71.3 Å². The Bertz CT molecular complexity index is 2050. The summed E-state index contributed by atoms with van der Waals surface area (Å²) in [6, 6.07) is 40.4. The largest absolute Gasteiger partial charge is 0.335 e. The SMILES string of the molecule is Brc1ccc(/C=C/c2ccc3cc(Br)ccc3c2)cc1.CCOP(=O)(Cc1ccc(Br)cc1)OCC.O=Cc1ccc2cc(Br)ccc2c1. The summed E-state index contributed by atoms with van der Waals surface area (Å²) in [5.74, 6) is 0. The molecule has 0 fully saturated rings. The summed E-state index contributed by atoms with van der Waals surface area (Å²) in [7, 11) is -2.97. The first-order valence-electron chi connectivity index (χ1n) is 15.5. The number of hydrogen-bond acceptors (Lipinski definition) is 4. The molecule has 0 atom stereocenters. The Balaban J connectivity index is 0.000000170. The second-order valence-corrected chi connectivity index (χ2v) is 16.5. The molecule has 0 saturated carbocycles. The van der Waals surface area contributed by atoms with Crippen LogP contribution in [0.15, 0.2) is 139 Å². The van der Waals surface area contributed by atoms with Crippen LogP contribution in [0.1, 0.15) is 40.9 Å². The Morgan fingerprint density at radius 3 is 1.41 bits per heavy atom. The Morgan fingerprint density at radius 2 is 0.898 bits per heavy atom. The normalized spacial score (nSPS) is 11.1. The molecule has 0 amide bonds. The van der Waals surface area contributed by atoms with E-state index in [9.17, 15) is 9.36 Å². The van der Waals surface area contributed by atoms with Crippen molar-refractivity contribution in [3.05, 3.63) is 161 Å². The molecule has 49 heavy (non-hydrogen) atoms. The molecule has 6 aromatic carbocycles. The molecule has 0 unspecified atom stereocenters. The van der Waals surface area contributed by atoms with E-state index in [1.165, 1.54) is 21.9 Å². The van der Waals surface area contributed by atoms with Gasteiger partial charge in [0.25, 0.3) is 0 Å². The summed E-state index contributed by atoms with van der Waals surface area (Å²) >= 11 is 13.7. The van der Waals surface area contributed by atoms with Gasteiger partial charge < -0.3 is 9.05 Å². The third kappa shape index (κ3) is 12.9. The molecule has 6 aromatic rings. The third-order valence-corrected chi connectivity index (χ3v) is 11.2. The van der Waals surface area contributed by atoms with Crippen LogP contribution < -0.4 is 0 Å². The fourth-order valence-corrected chi connectivity index (χ4v) is 7.74. The number of halogens is 4. The number of carbonyl (C=O) groups is 1. The van der Waals surface area contributed by atoms with Crippen molar-refractivity contribution in [1.82, 2.24) is 0 Å². The number of fused-ring (bicyclic) bond motifs is 2. The van der Waals surface area contributed by atoms with E-state index in [1.807, 2.05) is 74.5 Å². The molecule has 0 saturated heterocycles. The second-order valence-electron chi connectivity index (χ2n) is 10.7. The van der Waals surface area contributed by atoms with Gasteiger partial charge in [-0.05, 0) is 113 Å². The first-order chi connectivity index (χ1) is 23.6. The number of benzene rings is 6. The van der Waals surface area contributed by atoms with Gasteiger partial charge in [0.2, 0.25) is 0 Å². The van der Waals surface area contributed by atoms with Gasteiger partial charge in [0.1, 0.15) is 6.29 Å². The third-order valence-electron chi connectivity index (χ3n) is 7.07. The average Bonchev–Trinajstić information content (AvgIpc) is 3.09. The van der Waals surface area contributed by atoms with Crippen LogP contribution in [0.5, 0.6) is 0 Å². The highest BCUT2D eigenvalue weighted by molar-refractivity contribution is 9.11. The number of carbonyl (C=O) groups excluding carboxylic acids is 1. The molecular formula is C40H35Br4O4P. The van der Waals surface area contributed by atoms with E-state index in [0.717, 1.165) is 46.1 Å². The first-order valence-corrected chi connectivity index (χ1v) is 20.4. The monoisotopic (exact) mass is 926 g/mol. The van der Waals surface area contributed by atoms with Gasteiger partial charge in [0, 0.05) is 23.5 Å². The lowest BCUT2D eigenvalue weighted by molar-refractivity contribution is 0.112. The predicted octanol–water partition coefficient (Wildman–Crippen LogP) is 14.2. The summed E-state index contributed by atoms with van der Waals surface area (Å²) in [5, 5.41) is 4.74. The Kier molecular flexibility index (Phi) is 15.7. The van der Waals surface area contributed by atoms with Crippen molar-refractivity contribution < 1.29 is 18.4 Å². The highest BCUT2D eigenvalue weighted by Gasteiger charge is 2.23. The highest BCUT2D eigenvalue weighted by Crippen LogP contribution is 2.51. The summed E-state index contributed by atoms with van der Waals surface area (Å²) in [5.41, 5.74) is 4.08. The Morgan fingerprint density at radius 1 is 0.510 bits per heavy atom. The Hall–Kier alpha value is -2.68. The maximum Gasteiger partial charge on any atom is 0.335 e. The van der Waals surface area contributed by atoms with E-state index in [1.54, 1.807) is 0 Å². The van der Waals surface area contributed by atoms with Gasteiger partial charge in [-0.1, -0.05) is 137 Å². The number of hydrogen-bond donors (Lipinski definition) is 0. The van der Waals surface area contributed by atoms with Crippen molar-refractivity contribution in [1.29, 1.82) is 0 Å². The van der Waals surface area contributed by atoms with Crippen LogP contribution in [0, 0.1) is 0 Å². The zero-order valence-corrected chi connectivity index (χ0v) is 34.2. The van der Waals surface area contributed by atoms with Crippen molar-refractivity contribution >= 4 is 111 Å². The Labute approximate surface area is 322 Å². The van der Waals surface area contributed by atoms with Crippen LogP contribution in [-0.4, -0.2) is 19.5 Å². The van der Waals surface area contributed by atoms with Gasteiger partial charge in [-0.25, -0.2) is 0 Å². The molecule has 6 rings (SSSR count). The van der Waals surface area contributed by atoms with Crippen LogP contribution in [0.3, 0.4) is 0 Å². The number of rotatable bonds is 9. The molecule has 0 N–H and O–H groups in total. The molecule has 9 heteroatoms. The van der Waals surface area contributed by atoms with Gasteiger partial charge in [-0.15, -0.1) is 0 Å². The van der Waals surface area contributed by atoms with E-state index in [-0.39, 0.29) is 0 Å². The van der Waals surface area contributed by atoms with E-state index in [2.05, 4.69) is 137 Å². The summed E-state index contributed by atoms with van der Waals surface area (Å²) in [4.78, 5) is 10.5. The lowest BCUT2D eigenvalue weighted by Gasteiger charge is -2.16. The van der Waals surface area contributed by atoms with Crippen LogP contribution in [0.2, 0.25) is 0 Å². The molecular weight excluding hydrogens is 895 g/mol. The van der Waals surface area contributed by atoms with Gasteiger partial charge >= 0.3 is 7.60 Å². The molecule has 0 aliphatic heterocycles. The van der Waals surface area contributed by atoms with Crippen LogP contribution in [0.4, 0.5) is 0 Å². The van der Waals surface area contributed by atoms with E-state index < -0.39 is 7.60 Å². The molecule has 252 valence electrons. The lowest BCUT2D eigenvalue weighted by Crippen LogP contribution is -1.98. The molecule has 0 aliphatic rings. The summed E-state index contributed by atoms with van der Waals surface area (Å²) in [6.45, 7) is 4.42. The molecule has 0 bridgehead atoms. The van der Waals surface area contributed by atoms with Crippen molar-refractivity contribution in [2.75, 3.05) is 13.2 Å². The van der Waals surface area contributed by atoms with Gasteiger partial charge in [0.15, 0.2) is 0 Å². The van der Waals surface area contributed by atoms with Crippen molar-refractivity contribution in [2.45, 2.75) is 20.0 Å². The van der Waals surface area contributed by atoms with Crippen LogP contribution in [-0.2, 0) is 19.8 Å². The minimum absolute atomic E-state index is 0.321. The van der Waals surface area contributed by atoms with E-state index >= 15 is 0 Å². The maximum absolute atomic E-state index is 12.2. The van der Waals surface area contributed by atoms with Crippen molar-refractivity contribution in [3.8, 4) is 0 Å². The quantitative estimate of drug-likeness (QED) is 0.0823. The van der Waals surface area contributed by atoms with E-state index in [0.29, 0.717) is 19.4 Å². The van der Waals surface area contributed by atoms with Crippen molar-refractivity contribution in [3.63, 3.8) is 0 Å². The highest BCUT2D eigenvalue weighted by atomic mass is 79.9. The summed E-state index contributed by atoms with van der Waals surface area (Å²) < 4.78 is 26.9. The topological polar surface area (TPSA) is 52.6 Å². The molecule has 0 aliphatic carbocycles. The lowest BCUT2D eigenvalue weighted by atomic mass is 10.1. The summed E-state index contributed by atoms with van der Waals surface area (Å²) in [6.07, 6.45) is 5.46. The zero-order valence-electron chi connectivity index (χ0n) is 27.0.